The predicted molar refractivity (Wildman–Crippen MR) is 91.9 cm³/mol. The summed E-state index contributed by atoms with van der Waals surface area (Å²) in [4.78, 5) is 4.34. The molecule has 0 unspecified atom stereocenters. The third-order valence-corrected chi connectivity index (χ3v) is 4.50. The van der Waals surface area contributed by atoms with Crippen molar-refractivity contribution in [1.29, 1.82) is 0 Å². The van der Waals surface area contributed by atoms with Crippen molar-refractivity contribution in [3.05, 3.63) is 70.4 Å². The van der Waals surface area contributed by atoms with E-state index in [0.717, 1.165) is 5.56 Å². The topological polar surface area (TPSA) is 69.8 Å². The molecule has 0 aromatic heterocycles. The van der Waals surface area contributed by atoms with Crippen LogP contribution < -0.4 is 24.0 Å². The van der Waals surface area contributed by atoms with Gasteiger partial charge in [0.25, 0.3) is 0 Å². The van der Waals surface area contributed by atoms with Crippen LogP contribution in [-0.4, -0.2) is 49.5 Å². The van der Waals surface area contributed by atoms with Crippen molar-refractivity contribution in [1.82, 2.24) is 0 Å². The van der Waals surface area contributed by atoms with Crippen molar-refractivity contribution in [3.8, 4) is 0 Å². The summed E-state index contributed by atoms with van der Waals surface area (Å²) in [5, 5.41) is 0. The molecule has 0 bridgehead atoms. The van der Waals surface area contributed by atoms with Crippen LogP contribution in [0.25, 0.3) is 4.72 Å². The van der Waals surface area contributed by atoms with E-state index in [1.54, 1.807) is 0 Å². The monoisotopic (exact) mass is 520 g/mol. The van der Waals surface area contributed by atoms with E-state index in [0.29, 0.717) is 0 Å². The smallest absolute Gasteiger partial charge is 1.00 e. The first-order chi connectivity index (χ1) is 11.8. The van der Waals surface area contributed by atoms with Gasteiger partial charge in [0.15, 0.2) is 10.0 Å². The number of hydrogen-bond donors (Lipinski definition) is 0. The average Bonchev–Trinajstić information content (AvgIpc) is 3.04. The zero-order chi connectivity index (χ0) is 18.1. The van der Waals surface area contributed by atoms with Crippen molar-refractivity contribution in [2.45, 2.75) is 11.6 Å². The van der Waals surface area contributed by atoms with E-state index in [1.807, 2.05) is 30.3 Å². The molecule has 5 nitrogen and oxygen atoms in total. The molecule has 0 spiro atoms. The second-order valence-corrected chi connectivity index (χ2v) is 6.80. The molecule has 0 fully saturated rings. The average molecular weight is 521 g/mol. The Kier molecular flexibility index (Phi) is 8.38. The van der Waals surface area contributed by atoms with E-state index in [4.69, 9.17) is 4.74 Å². The molecular formula is C16H12F3IMgN2O3S. The summed E-state index contributed by atoms with van der Waals surface area (Å²) in [6.45, 7) is 0.208. The quantitative estimate of drug-likeness (QED) is 0.440. The molecule has 2 aromatic rings. The van der Waals surface area contributed by atoms with Gasteiger partial charge in [0.1, 0.15) is 12.6 Å². The first-order valence-corrected chi connectivity index (χ1v) is 8.61. The molecule has 1 aliphatic rings. The van der Waals surface area contributed by atoms with Crippen LogP contribution in [0.4, 0.5) is 18.9 Å². The molecule has 2 aromatic carbocycles. The Balaban J connectivity index is 0.00000182. The molecule has 0 aliphatic carbocycles. The van der Waals surface area contributed by atoms with E-state index in [-0.39, 0.29) is 76.8 Å². The number of alkyl halides is 3. The number of nitrogens with zero attached hydrogens (tertiary/aromatic N) is 2. The van der Waals surface area contributed by atoms with Gasteiger partial charge in [-0.05, 0) is 5.56 Å². The Morgan fingerprint density at radius 3 is 2.26 bits per heavy atom. The van der Waals surface area contributed by atoms with Crippen LogP contribution in [0.5, 0.6) is 0 Å². The minimum Gasteiger partial charge on any atom is -1.00 e. The number of sulfonamides is 1. The fourth-order valence-corrected chi connectivity index (χ4v) is 2.80. The molecule has 11 heteroatoms. The fraction of sp³-hybridized carbons (Fsp3) is 0.188. The van der Waals surface area contributed by atoms with Gasteiger partial charge in [0, 0.05) is 5.56 Å². The Labute approximate surface area is 187 Å². The summed E-state index contributed by atoms with van der Waals surface area (Å²) in [6.07, 6.45) is 0. The number of rotatable bonds is 4. The van der Waals surface area contributed by atoms with Gasteiger partial charge in [-0.15, -0.1) is 5.69 Å². The van der Waals surface area contributed by atoms with Crippen LogP contribution in [0.3, 0.4) is 0 Å². The molecule has 1 atom stereocenters. The minimum atomic E-state index is -5.65. The molecular weight excluding hydrogens is 508 g/mol. The number of hydrogen-bond acceptors (Lipinski definition) is 4. The maximum Gasteiger partial charge on any atom is 2.00 e. The van der Waals surface area contributed by atoms with Crippen molar-refractivity contribution >= 4 is 44.7 Å². The van der Waals surface area contributed by atoms with Crippen molar-refractivity contribution in [2.75, 3.05) is 6.61 Å². The summed E-state index contributed by atoms with van der Waals surface area (Å²) in [6, 6.07) is 14.4. The van der Waals surface area contributed by atoms with Gasteiger partial charge in [0.2, 0.25) is 5.90 Å². The summed E-state index contributed by atoms with van der Waals surface area (Å²) in [5.74, 6) is 0.0607. The van der Waals surface area contributed by atoms with Crippen LogP contribution >= 0.6 is 0 Å². The molecule has 0 amide bonds. The number of ether oxygens (including phenoxy) is 1. The van der Waals surface area contributed by atoms with Gasteiger partial charge in [-0.2, -0.15) is 13.2 Å². The maximum absolute atomic E-state index is 12.6. The first-order valence-electron chi connectivity index (χ1n) is 7.17. The van der Waals surface area contributed by atoms with E-state index < -0.39 is 15.5 Å². The first kappa shape index (κ1) is 24.0. The fourth-order valence-electron chi connectivity index (χ4n) is 2.28. The summed E-state index contributed by atoms with van der Waals surface area (Å²) >= 11 is 0. The zero-order valence-corrected chi connectivity index (χ0v) is 18.1. The summed E-state index contributed by atoms with van der Waals surface area (Å²) in [7, 11) is -5.65. The molecule has 0 saturated carbocycles. The van der Waals surface area contributed by atoms with Crippen LogP contribution in [0.1, 0.15) is 17.2 Å². The molecule has 27 heavy (non-hydrogen) atoms. The third kappa shape index (κ3) is 5.48. The molecule has 140 valence electrons. The van der Waals surface area contributed by atoms with Crippen LogP contribution in [0.2, 0.25) is 0 Å². The maximum atomic E-state index is 12.6. The zero-order valence-electron chi connectivity index (χ0n) is 13.7. The Bertz CT molecular complexity index is 909. The van der Waals surface area contributed by atoms with Crippen LogP contribution in [0.15, 0.2) is 59.6 Å². The van der Waals surface area contributed by atoms with Crippen molar-refractivity contribution in [2.24, 2.45) is 4.99 Å². The van der Waals surface area contributed by atoms with Crippen molar-refractivity contribution < 1.29 is 50.3 Å². The Morgan fingerprint density at radius 1 is 1.04 bits per heavy atom. The Morgan fingerprint density at radius 2 is 1.63 bits per heavy atom. The molecule has 0 radical (unpaired) electrons. The molecule has 0 N–H and O–H groups in total. The minimum absolute atomic E-state index is 0. The molecule has 1 aliphatic heterocycles. The van der Waals surface area contributed by atoms with E-state index in [9.17, 15) is 21.6 Å². The van der Waals surface area contributed by atoms with Gasteiger partial charge < -0.3 is 33.4 Å². The summed E-state index contributed by atoms with van der Waals surface area (Å²) in [5.41, 5.74) is -4.86. The largest absolute Gasteiger partial charge is 2.00 e. The number of benzene rings is 2. The van der Waals surface area contributed by atoms with Gasteiger partial charge in [-0.3, -0.25) is 0 Å². The van der Waals surface area contributed by atoms with Crippen LogP contribution in [0, 0.1) is 0 Å². The van der Waals surface area contributed by atoms with Crippen molar-refractivity contribution in [3.63, 3.8) is 0 Å². The summed E-state index contributed by atoms with van der Waals surface area (Å²) < 4.78 is 68.7. The van der Waals surface area contributed by atoms with Gasteiger partial charge >= 0.3 is 28.6 Å². The second-order valence-electron chi connectivity index (χ2n) is 5.20. The van der Waals surface area contributed by atoms with Gasteiger partial charge in [-0.25, -0.2) is 13.4 Å². The van der Waals surface area contributed by atoms with Gasteiger partial charge in [0.05, 0.1) is 0 Å². The SMILES string of the molecule is O=S(=O)([N-]c1ccccc1C1=N[C@H](c2ccccc2)CO1)C(F)(F)F.[I-].[Mg+2]. The standard InChI is InChI=1S/C16H12F3N2O3S.HI.Mg/c17-16(18,19)25(22,23)21-13-9-5-4-8-12(13)15-20-14(10-24-15)11-6-2-1-3-7-11;;/h1-9,14H,10H2;1H;/q-1;;+2/p-1/t14-;;/m0../s1. The number of halogens is 4. The predicted octanol–water partition coefficient (Wildman–Crippen LogP) is 0.683. The van der Waals surface area contributed by atoms with E-state index in [2.05, 4.69) is 9.71 Å². The normalized spacial score (nSPS) is 16.4. The van der Waals surface area contributed by atoms with E-state index in [1.165, 1.54) is 24.3 Å². The van der Waals surface area contributed by atoms with Gasteiger partial charge in [-0.1, -0.05) is 54.6 Å². The van der Waals surface area contributed by atoms with E-state index >= 15 is 0 Å². The molecule has 0 saturated heterocycles. The Hall–Kier alpha value is -1.05. The molecule has 1 heterocycles. The third-order valence-electron chi connectivity index (χ3n) is 3.48. The van der Waals surface area contributed by atoms with Crippen LogP contribution in [-0.2, 0) is 14.8 Å². The molecule has 3 rings (SSSR count). The number of aliphatic imine (C=N–C) groups is 1. The second kappa shape index (κ2) is 9.43.